The molecule has 26 heavy (non-hydrogen) atoms. The van der Waals surface area contributed by atoms with Crippen molar-refractivity contribution < 1.29 is 9.47 Å². The SMILES string of the molecule is CCCCCCCCC(CCCC)(CC(C)C)C(CCCC)(OC)OC. The largest absolute Gasteiger partial charge is 0.353 e. The minimum atomic E-state index is -0.425. The van der Waals surface area contributed by atoms with Crippen LogP contribution in [0.5, 0.6) is 0 Å². The zero-order chi connectivity index (χ0) is 19.9. The monoisotopic (exact) mass is 370 g/mol. The Morgan fingerprint density at radius 3 is 1.58 bits per heavy atom. The lowest BCUT2D eigenvalue weighted by atomic mass is 9.65. The van der Waals surface area contributed by atoms with Gasteiger partial charge in [0.2, 0.25) is 0 Å². The fourth-order valence-corrected chi connectivity index (χ4v) is 4.80. The van der Waals surface area contributed by atoms with Crippen molar-refractivity contribution in [3.8, 4) is 0 Å². The molecule has 0 spiro atoms. The van der Waals surface area contributed by atoms with Crippen LogP contribution in [0.2, 0.25) is 0 Å². The highest BCUT2D eigenvalue weighted by Crippen LogP contribution is 2.51. The Labute approximate surface area is 165 Å². The van der Waals surface area contributed by atoms with Crippen molar-refractivity contribution in [2.45, 2.75) is 130 Å². The van der Waals surface area contributed by atoms with Gasteiger partial charge in [0.05, 0.1) is 0 Å². The first kappa shape index (κ1) is 25.9. The van der Waals surface area contributed by atoms with Crippen molar-refractivity contribution in [3.05, 3.63) is 0 Å². The van der Waals surface area contributed by atoms with E-state index >= 15 is 0 Å². The molecule has 0 N–H and O–H groups in total. The molecule has 0 aromatic carbocycles. The summed E-state index contributed by atoms with van der Waals surface area (Å²) in [6.45, 7) is 11.6. The molecule has 0 amide bonds. The summed E-state index contributed by atoms with van der Waals surface area (Å²) in [7, 11) is 3.75. The Morgan fingerprint density at radius 2 is 1.08 bits per heavy atom. The molecular weight excluding hydrogens is 320 g/mol. The summed E-state index contributed by atoms with van der Waals surface area (Å²) in [4.78, 5) is 0. The Bertz CT molecular complexity index is 309. The fraction of sp³-hybridized carbons (Fsp3) is 1.00. The van der Waals surface area contributed by atoms with Crippen LogP contribution in [-0.2, 0) is 9.47 Å². The quantitative estimate of drug-likeness (QED) is 0.179. The number of methoxy groups -OCH3 is 2. The molecule has 0 aliphatic rings. The first-order chi connectivity index (χ1) is 12.5. The van der Waals surface area contributed by atoms with Crippen LogP contribution in [0.1, 0.15) is 125 Å². The third-order valence-electron chi connectivity index (χ3n) is 6.14. The third-order valence-corrected chi connectivity index (χ3v) is 6.14. The summed E-state index contributed by atoms with van der Waals surface area (Å²) >= 11 is 0. The molecule has 0 rings (SSSR count). The molecule has 1 unspecified atom stereocenters. The van der Waals surface area contributed by atoms with Gasteiger partial charge in [0, 0.05) is 26.1 Å². The molecule has 2 nitrogen and oxygen atoms in total. The molecule has 0 aromatic rings. The summed E-state index contributed by atoms with van der Waals surface area (Å²) in [6, 6.07) is 0. The molecule has 0 aromatic heterocycles. The molecule has 0 bridgehead atoms. The van der Waals surface area contributed by atoms with Crippen LogP contribution in [0.25, 0.3) is 0 Å². The standard InChI is InChI=1S/C24H50O2/c1-8-11-14-15-16-17-19-23(18-12-9-2,21-22(4)5)24(25-6,26-7)20-13-10-3/h22H,8-21H2,1-7H3. The second-order valence-corrected chi connectivity index (χ2v) is 8.76. The number of unbranched alkanes of at least 4 members (excludes halogenated alkanes) is 7. The zero-order valence-electron chi connectivity index (χ0n) is 19.3. The molecule has 0 radical (unpaired) electrons. The summed E-state index contributed by atoms with van der Waals surface area (Å²) in [5.41, 5.74) is 0.139. The Hall–Kier alpha value is -0.0800. The van der Waals surface area contributed by atoms with Gasteiger partial charge in [-0.25, -0.2) is 0 Å². The molecule has 0 fully saturated rings. The van der Waals surface area contributed by atoms with E-state index < -0.39 is 5.79 Å². The highest BCUT2D eigenvalue weighted by Gasteiger charge is 2.51. The van der Waals surface area contributed by atoms with Gasteiger partial charge in [0.25, 0.3) is 0 Å². The maximum absolute atomic E-state index is 6.23. The van der Waals surface area contributed by atoms with Crippen LogP contribution in [0.3, 0.4) is 0 Å². The lowest BCUT2D eigenvalue weighted by Crippen LogP contribution is -2.52. The second-order valence-electron chi connectivity index (χ2n) is 8.76. The third kappa shape index (κ3) is 8.30. The van der Waals surface area contributed by atoms with Crippen molar-refractivity contribution in [1.29, 1.82) is 0 Å². The van der Waals surface area contributed by atoms with Crippen LogP contribution in [0.4, 0.5) is 0 Å². The number of rotatable bonds is 18. The Kier molecular flexibility index (Phi) is 14.9. The van der Waals surface area contributed by atoms with E-state index in [4.69, 9.17) is 9.47 Å². The van der Waals surface area contributed by atoms with Gasteiger partial charge in [-0.15, -0.1) is 0 Å². The number of hydrogen-bond acceptors (Lipinski definition) is 2. The van der Waals surface area contributed by atoms with E-state index in [1.54, 1.807) is 0 Å². The van der Waals surface area contributed by atoms with Crippen LogP contribution >= 0.6 is 0 Å². The topological polar surface area (TPSA) is 18.5 Å². The number of ether oxygens (including phenoxy) is 2. The van der Waals surface area contributed by atoms with Gasteiger partial charge in [0.1, 0.15) is 0 Å². The summed E-state index contributed by atoms with van der Waals surface area (Å²) in [5.74, 6) is 0.240. The van der Waals surface area contributed by atoms with Gasteiger partial charge < -0.3 is 9.47 Å². The molecule has 158 valence electrons. The molecule has 1 atom stereocenters. The molecule has 0 heterocycles. The van der Waals surface area contributed by atoms with Crippen molar-refractivity contribution >= 4 is 0 Å². The predicted molar refractivity (Wildman–Crippen MR) is 116 cm³/mol. The minimum Gasteiger partial charge on any atom is -0.353 e. The molecular formula is C24H50O2. The normalized spacial score (nSPS) is 14.8. The highest BCUT2D eigenvalue weighted by molar-refractivity contribution is 4.95. The molecule has 2 heteroatoms. The Morgan fingerprint density at radius 1 is 0.615 bits per heavy atom. The second kappa shape index (κ2) is 14.9. The van der Waals surface area contributed by atoms with E-state index in [1.165, 1.54) is 83.5 Å². The van der Waals surface area contributed by atoms with Gasteiger partial charge in [0.15, 0.2) is 5.79 Å². The predicted octanol–water partition coefficient (Wildman–Crippen LogP) is 8.14. The zero-order valence-corrected chi connectivity index (χ0v) is 19.3. The van der Waals surface area contributed by atoms with Crippen LogP contribution in [0, 0.1) is 11.3 Å². The van der Waals surface area contributed by atoms with Crippen molar-refractivity contribution in [2.75, 3.05) is 14.2 Å². The van der Waals surface area contributed by atoms with Crippen LogP contribution in [-0.4, -0.2) is 20.0 Å². The van der Waals surface area contributed by atoms with Gasteiger partial charge in [-0.1, -0.05) is 92.4 Å². The first-order valence-electron chi connectivity index (χ1n) is 11.6. The van der Waals surface area contributed by atoms with Crippen molar-refractivity contribution in [1.82, 2.24) is 0 Å². The van der Waals surface area contributed by atoms with E-state index in [0.29, 0.717) is 5.92 Å². The summed E-state index contributed by atoms with van der Waals surface area (Å²) in [5, 5.41) is 0. The Balaban J connectivity index is 5.39. The van der Waals surface area contributed by atoms with E-state index in [9.17, 15) is 0 Å². The lowest BCUT2D eigenvalue weighted by molar-refractivity contribution is -0.290. The van der Waals surface area contributed by atoms with Gasteiger partial charge in [-0.05, 0) is 31.6 Å². The van der Waals surface area contributed by atoms with Gasteiger partial charge >= 0.3 is 0 Å². The highest BCUT2D eigenvalue weighted by atomic mass is 16.7. The molecule has 0 saturated carbocycles. The number of hydrogen-bond donors (Lipinski definition) is 0. The van der Waals surface area contributed by atoms with E-state index in [-0.39, 0.29) is 5.41 Å². The van der Waals surface area contributed by atoms with E-state index in [0.717, 1.165) is 6.42 Å². The van der Waals surface area contributed by atoms with Crippen LogP contribution in [0.15, 0.2) is 0 Å². The van der Waals surface area contributed by atoms with Crippen molar-refractivity contribution in [3.63, 3.8) is 0 Å². The van der Waals surface area contributed by atoms with E-state index in [2.05, 4.69) is 34.6 Å². The maximum atomic E-state index is 6.23. The molecule has 0 aliphatic heterocycles. The van der Waals surface area contributed by atoms with Gasteiger partial charge in [-0.3, -0.25) is 0 Å². The van der Waals surface area contributed by atoms with E-state index in [1.807, 2.05) is 14.2 Å². The lowest BCUT2D eigenvalue weighted by Gasteiger charge is -2.50. The average Bonchev–Trinajstić information content (AvgIpc) is 2.63. The first-order valence-corrected chi connectivity index (χ1v) is 11.6. The minimum absolute atomic E-state index is 0.139. The maximum Gasteiger partial charge on any atom is 0.173 e. The summed E-state index contributed by atoms with van der Waals surface area (Å²) < 4.78 is 12.5. The molecule has 0 aliphatic carbocycles. The van der Waals surface area contributed by atoms with Gasteiger partial charge in [-0.2, -0.15) is 0 Å². The molecule has 0 saturated heterocycles. The van der Waals surface area contributed by atoms with Crippen molar-refractivity contribution in [2.24, 2.45) is 11.3 Å². The average molecular weight is 371 g/mol. The van der Waals surface area contributed by atoms with Crippen LogP contribution < -0.4 is 0 Å². The summed E-state index contributed by atoms with van der Waals surface area (Å²) in [6.07, 6.45) is 17.7. The fourth-order valence-electron chi connectivity index (χ4n) is 4.80. The smallest absolute Gasteiger partial charge is 0.173 e.